The number of ketones is 1. The van der Waals surface area contributed by atoms with Gasteiger partial charge in [0, 0.05) is 53.3 Å². The van der Waals surface area contributed by atoms with Crippen LogP contribution in [0.3, 0.4) is 0 Å². The molecular weight excluding hydrogens is 1000 g/mol. The minimum Gasteiger partial charge on any atom is -0.493 e. The lowest BCUT2D eigenvalue weighted by atomic mass is 9.87. The molecule has 3 heterocycles. The van der Waals surface area contributed by atoms with Gasteiger partial charge in [-0.3, -0.25) is 33.6 Å². The summed E-state index contributed by atoms with van der Waals surface area (Å²) in [5, 5.41) is 2.66. The maximum atomic E-state index is 14.6. The Morgan fingerprint density at radius 3 is 2.15 bits per heavy atom. The molecule has 0 spiro atoms. The van der Waals surface area contributed by atoms with Crippen molar-refractivity contribution >= 4 is 53.2 Å². The summed E-state index contributed by atoms with van der Waals surface area (Å²) in [5.41, 5.74) is 0.646. The normalized spacial score (nSPS) is 23.8. The second-order valence-corrected chi connectivity index (χ2v) is 20.7. The van der Waals surface area contributed by atoms with Gasteiger partial charge < -0.3 is 53.5 Å². The summed E-state index contributed by atoms with van der Waals surface area (Å²) in [7, 11) is 7.55. The van der Waals surface area contributed by atoms with E-state index in [1.165, 1.54) is 80.8 Å². The number of amides is 6. The Labute approximate surface area is 456 Å². The summed E-state index contributed by atoms with van der Waals surface area (Å²) in [6, 6.07) is 17.2. The van der Waals surface area contributed by atoms with Crippen molar-refractivity contribution in [3.63, 3.8) is 0 Å². The lowest BCUT2D eigenvalue weighted by Gasteiger charge is -2.36. The number of ether oxygens (including phenoxy) is 5. The fourth-order valence-electron chi connectivity index (χ4n) is 9.74. The van der Waals surface area contributed by atoms with E-state index in [0.29, 0.717) is 49.2 Å². The van der Waals surface area contributed by atoms with Crippen LogP contribution in [0.1, 0.15) is 88.5 Å². The van der Waals surface area contributed by atoms with Crippen LogP contribution in [0.5, 0.6) is 17.2 Å². The predicted octanol–water partition coefficient (Wildman–Crippen LogP) is 4.26. The van der Waals surface area contributed by atoms with Crippen molar-refractivity contribution in [3.8, 4) is 17.2 Å². The fraction of sp³-hybridized carbons (Fsp3) is 0.500. The molecule has 0 saturated carbocycles. The summed E-state index contributed by atoms with van der Waals surface area (Å²) in [6.45, 7) is 3.67. The SMILES string of the molecule is COc1ccc(CC[C@H]2OC(=O)[C@@H]3CCCCN3C(=O)C(=O)C(C)(C)COC(=O)/C=C\CCN(C)C(=O)[C@@H]3CCCN3C(=O)[C@H](Cc3ccccc3)N(C)C(=O)[C@@H](C)NC(=O)CN(C)C(=O)COc3cccc2c3)cc1OC. The first-order valence-corrected chi connectivity index (χ1v) is 26.4. The first kappa shape index (κ1) is 59.5. The van der Waals surface area contributed by atoms with Crippen molar-refractivity contribution in [1.29, 1.82) is 0 Å². The van der Waals surface area contributed by atoms with Gasteiger partial charge in [-0.2, -0.15) is 0 Å². The summed E-state index contributed by atoms with van der Waals surface area (Å²) in [5.74, 6) is -4.50. The number of esters is 2. The van der Waals surface area contributed by atoms with Crippen LogP contribution < -0.4 is 19.5 Å². The minimum atomic E-state index is -1.48. The monoisotopic (exact) mass is 1080 g/mol. The van der Waals surface area contributed by atoms with E-state index in [1.807, 2.05) is 42.5 Å². The van der Waals surface area contributed by atoms with Gasteiger partial charge in [0.05, 0.1) is 26.2 Å². The molecular formula is C58H74N6O14. The Balaban J connectivity index is 1.26. The van der Waals surface area contributed by atoms with Crippen molar-refractivity contribution < 1.29 is 66.8 Å². The zero-order valence-electron chi connectivity index (χ0n) is 46.0. The van der Waals surface area contributed by atoms with Gasteiger partial charge in [-0.25, -0.2) is 9.59 Å². The molecule has 0 aromatic heterocycles. The maximum absolute atomic E-state index is 14.6. The molecule has 20 heteroatoms. The van der Waals surface area contributed by atoms with Gasteiger partial charge in [-0.1, -0.05) is 54.6 Å². The number of methoxy groups -OCH3 is 2. The maximum Gasteiger partial charge on any atom is 0.330 e. The number of nitrogens with zero attached hydrogens (tertiary/aromatic N) is 5. The first-order valence-electron chi connectivity index (χ1n) is 26.4. The molecule has 1 N–H and O–H groups in total. The number of hydrogen-bond acceptors (Lipinski definition) is 14. The van der Waals surface area contributed by atoms with E-state index in [9.17, 15) is 43.2 Å². The van der Waals surface area contributed by atoms with Crippen LogP contribution in [-0.2, 0) is 65.5 Å². The van der Waals surface area contributed by atoms with Gasteiger partial charge in [0.25, 0.3) is 11.8 Å². The van der Waals surface area contributed by atoms with E-state index in [-0.39, 0.29) is 57.0 Å². The Morgan fingerprint density at radius 2 is 1.42 bits per heavy atom. The topological polar surface area (TPSA) is 228 Å². The number of piperidine rings is 1. The number of aryl methyl sites for hydroxylation is 1. The molecule has 0 unspecified atom stereocenters. The van der Waals surface area contributed by atoms with Crippen LogP contribution in [0.25, 0.3) is 0 Å². The van der Waals surface area contributed by atoms with Gasteiger partial charge in [-0.15, -0.1) is 0 Å². The van der Waals surface area contributed by atoms with Gasteiger partial charge >= 0.3 is 11.9 Å². The minimum absolute atomic E-state index is 0.113. The third-order valence-electron chi connectivity index (χ3n) is 14.4. The lowest BCUT2D eigenvalue weighted by molar-refractivity contribution is -0.165. The van der Waals surface area contributed by atoms with Gasteiger partial charge in [0.2, 0.25) is 29.4 Å². The molecule has 2 saturated heterocycles. The molecule has 2 bridgehead atoms. The van der Waals surface area contributed by atoms with E-state index >= 15 is 0 Å². The number of benzene rings is 3. The van der Waals surface area contributed by atoms with Crippen molar-refractivity contribution in [2.24, 2.45) is 5.41 Å². The van der Waals surface area contributed by atoms with Crippen molar-refractivity contribution in [3.05, 3.63) is 102 Å². The van der Waals surface area contributed by atoms with Crippen molar-refractivity contribution in [2.45, 2.75) is 109 Å². The highest BCUT2D eigenvalue weighted by atomic mass is 16.5. The predicted molar refractivity (Wildman–Crippen MR) is 286 cm³/mol. The molecule has 78 heavy (non-hydrogen) atoms. The Morgan fingerprint density at radius 1 is 0.705 bits per heavy atom. The first-order chi connectivity index (χ1) is 37.2. The van der Waals surface area contributed by atoms with E-state index in [4.69, 9.17) is 23.7 Å². The molecule has 0 aliphatic carbocycles. The molecule has 420 valence electrons. The van der Waals surface area contributed by atoms with Crippen LogP contribution in [0.15, 0.2) is 84.9 Å². The second kappa shape index (κ2) is 27.5. The third kappa shape index (κ3) is 15.5. The lowest BCUT2D eigenvalue weighted by Crippen LogP contribution is -2.57. The number of Topliss-reactive ketones (excluding diaryl/α,β-unsaturated/α-hetero) is 1. The third-order valence-corrected chi connectivity index (χ3v) is 14.4. The quantitative estimate of drug-likeness (QED) is 0.258. The highest BCUT2D eigenvalue weighted by Crippen LogP contribution is 2.33. The highest BCUT2D eigenvalue weighted by molar-refractivity contribution is 6.38. The van der Waals surface area contributed by atoms with Crippen molar-refractivity contribution in [2.75, 3.05) is 74.8 Å². The van der Waals surface area contributed by atoms with Gasteiger partial charge in [0.1, 0.15) is 42.6 Å². The summed E-state index contributed by atoms with van der Waals surface area (Å²) < 4.78 is 28.6. The standard InChI is InChI=1S/C58H74N6O14/c1-38-53(69)62(6)45(32-39-18-10-9-11-19-39)55(71)63-31-17-23-43(63)54(70)60(4)29-14-13-24-51(67)77-37-58(2,3)52(68)56(72)64-30-15-12-22-44(64)57(73)78-46(27-25-40-26-28-47(74-7)48(33-40)75-8)41-20-16-21-42(34-41)76-36-50(66)61(5)35-49(65)59-38/h9-11,13,16,18-21,24,26,28,33-34,38,43-46H,12,14-15,17,22-23,25,27,29-32,35-37H2,1-8H3,(H,59,65)/b24-13-/t38-,43+,44+,45+,46-/m1/s1. The average molecular weight is 1080 g/mol. The Hall–Kier alpha value is -7.77. The molecule has 0 radical (unpaired) electrons. The number of hydrogen-bond donors (Lipinski definition) is 1. The number of likely N-dealkylation sites (N-methyl/N-ethyl adjacent to an activating group) is 3. The molecule has 3 aliphatic heterocycles. The highest BCUT2D eigenvalue weighted by Gasteiger charge is 2.44. The molecule has 3 aromatic rings. The van der Waals surface area contributed by atoms with Crippen molar-refractivity contribution in [1.82, 2.24) is 29.8 Å². The zero-order chi connectivity index (χ0) is 56.7. The molecule has 6 amide bonds. The van der Waals surface area contributed by atoms with Crippen LogP contribution in [0.4, 0.5) is 0 Å². The van der Waals surface area contributed by atoms with Crippen LogP contribution in [-0.4, -0.2) is 177 Å². The smallest absolute Gasteiger partial charge is 0.330 e. The number of rotatable bonds is 7. The number of nitrogens with one attached hydrogen (secondary N) is 1. The van der Waals surface area contributed by atoms with E-state index in [0.717, 1.165) is 16.0 Å². The van der Waals surface area contributed by atoms with Crippen LogP contribution in [0.2, 0.25) is 0 Å². The average Bonchev–Trinajstić information content (AvgIpc) is 3.95. The van der Waals surface area contributed by atoms with E-state index < -0.39 is 103 Å². The van der Waals surface area contributed by atoms with Crippen LogP contribution in [0, 0.1) is 5.41 Å². The molecule has 2 fully saturated rings. The number of carbonyl (C=O) groups excluding carboxylic acids is 9. The molecule has 6 rings (SSSR count). The van der Waals surface area contributed by atoms with Gasteiger partial charge in [-0.05, 0) is 113 Å². The molecule has 3 aromatic carbocycles. The van der Waals surface area contributed by atoms with E-state index in [2.05, 4.69) is 5.32 Å². The van der Waals surface area contributed by atoms with Crippen LogP contribution >= 0.6 is 0 Å². The number of cyclic esters (lactones) is 2. The Bertz CT molecular complexity index is 2690. The molecule has 20 nitrogen and oxygen atoms in total. The van der Waals surface area contributed by atoms with Gasteiger partial charge in [0.15, 0.2) is 18.1 Å². The second-order valence-electron chi connectivity index (χ2n) is 20.7. The summed E-state index contributed by atoms with van der Waals surface area (Å²) >= 11 is 0. The summed E-state index contributed by atoms with van der Waals surface area (Å²) in [6.07, 6.45) is 5.10. The Kier molecular flexibility index (Phi) is 21.0. The summed E-state index contributed by atoms with van der Waals surface area (Å²) in [4.78, 5) is 132. The van der Waals surface area contributed by atoms with E-state index in [1.54, 1.807) is 37.4 Å². The number of carbonyl (C=O) groups is 9. The fourth-order valence-corrected chi connectivity index (χ4v) is 9.74. The molecule has 5 atom stereocenters. The zero-order valence-corrected chi connectivity index (χ0v) is 46.0. The molecule has 3 aliphatic rings. The largest absolute Gasteiger partial charge is 0.493 e. The number of fused-ring (bicyclic) bond motifs is 4.